The Hall–Kier alpha value is -3.69. The Labute approximate surface area is 190 Å². The van der Waals surface area contributed by atoms with Crippen molar-refractivity contribution in [2.45, 2.75) is 4.90 Å². The van der Waals surface area contributed by atoms with E-state index < -0.39 is 15.9 Å². The van der Waals surface area contributed by atoms with Gasteiger partial charge < -0.3 is 5.32 Å². The van der Waals surface area contributed by atoms with Crippen LogP contribution in [0.15, 0.2) is 90.3 Å². The van der Waals surface area contributed by atoms with Gasteiger partial charge >= 0.3 is 0 Å². The Kier molecular flexibility index (Phi) is 5.93. The van der Waals surface area contributed by atoms with E-state index in [9.17, 15) is 13.2 Å². The second-order valence-corrected chi connectivity index (χ2v) is 9.14. The van der Waals surface area contributed by atoms with Gasteiger partial charge in [-0.3, -0.25) is 9.10 Å². The molecule has 1 heterocycles. The molecule has 0 saturated carbocycles. The molecular formula is C22H18ClN5O3S. The van der Waals surface area contributed by atoms with Crippen LogP contribution in [0, 0.1) is 0 Å². The molecule has 0 saturated heterocycles. The maximum absolute atomic E-state index is 12.9. The summed E-state index contributed by atoms with van der Waals surface area (Å²) in [6, 6.07) is 19.5. The van der Waals surface area contributed by atoms with Gasteiger partial charge in [0.05, 0.1) is 21.3 Å². The summed E-state index contributed by atoms with van der Waals surface area (Å²) in [5.74, 6) is -0.422. The highest BCUT2D eigenvalue weighted by molar-refractivity contribution is 7.92. The second kappa shape index (κ2) is 8.81. The first kappa shape index (κ1) is 21.5. The van der Waals surface area contributed by atoms with Crippen molar-refractivity contribution in [1.82, 2.24) is 14.8 Å². The van der Waals surface area contributed by atoms with Gasteiger partial charge in [-0.25, -0.2) is 18.1 Å². The van der Waals surface area contributed by atoms with Crippen molar-refractivity contribution in [3.63, 3.8) is 0 Å². The molecule has 0 radical (unpaired) electrons. The van der Waals surface area contributed by atoms with Crippen LogP contribution < -0.4 is 9.62 Å². The normalized spacial score (nSPS) is 11.2. The third kappa shape index (κ3) is 4.20. The van der Waals surface area contributed by atoms with Crippen LogP contribution in [0.1, 0.15) is 10.4 Å². The number of rotatable bonds is 6. The summed E-state index contributed by atoms with van der Waals surface area (Å²) in [6.45, 7) is 0. The highest BCUT2D eigenvalue weighted by atomic mass is 35.5. The summed E-state index contributed by atoms with van der Waals surface area (Å²) >= 11 is 6.29. The number of carbonyl (C=O) groups excluding carboxylic acids is 1. The van der Waals surface area contributed by atoms with Crippen molar-refractivity contribution in [2.24, 2.45) is 0 Å². The zero-order valence-corrected chi connectivity index (χ0v) is 18.5. The Morgan fingerprint density at radius 3 is 2.38 bits per heavy atom. The number of halogens is 1. The molecule has 3 aromatic carbocycles. The molecule has 4 rings (SSSR count). The number of carbonyl (C=O) groups is 1. The quantitative estimate of drug-likeness (QED) is 0.462. The van der Waals surface area contributed by atoms with Gasteiger partial charge in [0.1, 0.15) is 18.3 Å². The molecule has 162 valence electrons. The summed E-state index contributed by atoms with van der Waals surface area (Å²) < 4.78 is 28.5. The lowest BCUT2D eigenvalue weighted by Crippen LogP contribution is -2.26. The largest absolute Gasteiger partial charge is 0.320 e. The molecule has 1 aromatic heterocycles. The van der Waals surface area contributed by atoms with Gasteiger partial charge in [0.15, 0.2) is 0 Å². The van der Waals surface area contributed by atoms with Crippen LogP contribution in [0.3, 0.4) is 0 Å². The lowest BCUT2D eigenvalue weighted by Gasteiger charge is -2.19. The lowest BCUT2D eigenvalue weighted by atomic mass is 10.2. The maximum Gasteiger partial charge on any atom is 0.264 e. The summed E-state index contributed by atoms with van der Waals surface area (Å²) in [7, 11) is -2.29. The first-order valence-corrected chi connectivity index (χ1v) is 11.3. The van der Waals surface area contributed by atoms with Crippen molar-refractivity contribution >= 4 is 38.9 Å². The van der Waals surface area contributed by atoms with Crippen LogP contribution in [0.4, 0.5) is 11.4 Å². The Balaban J connectivity index is 1.57. The zero-order chi connectivity index (χ0) is 22.7. The number of nitrogens with one attached hydrogen (secondary N) is 1. The van der Waals surface area contributed by atoms with Crippen molar-refractivity contribution in [3.8, 4) is 5.69 Å². The fraction of sp³-hybridized carbons (Fsp3) is 0.0455. The van der Waals surface area contributed by atoms with E-state index in [0.717, 1.165) is 0 Å². The van der Waals surface area contributed by atoms with Crippen LogP contribution in [0.25, 0.3) is 5.69 Å². The minimum atomic E-state index is -3.77. The first-order valence-electron chi connectivity index (χ1n) is 9.47. The molecule has 0 bridgehead atoms. The molecule has 0 atom stereocenters. The fourth-order valence-electron chi connectivity index (χ4n) is 3.08. The second-order valence-electron chi connectivity index (χ2n) is 6.76. The lowest BCUT2D eigenvalue weighted by molar-refractivity contribution is 0.102. The van der Waals surface area contributed by atoms with E-state index in [1.54, 1.807) is 42.5 Å². The molecule has 10 heteroatoms. The highest BCUT2D eigenvalue weighted by Gasteiger charge is 2.22. The van der Waals surface area contributed by atoms with E-state index >= 15 is 0 Å². The number of para-hydroxylation sites is 2. The average Bonchev–Trinajstić information content (AvgIpc) is 3.33. The molecule has 32 heavy (non-hydrogen) atoms. The number of sulfonamides is 1. The number of hydrogen-bond donors (Lipinski definition) is 1. The Morgan fingerprint density at radius 1 is 1.00 bits per heavy atom. The number of anilines is 2. The van der Waals surface area contributed by atoms with E-state index in [2.05, 4.69) is 15.4 Å². The van der Waals surface area contributed by atoms with Crippen LogP contribution in [-0.4, -0.2) is 36.1 Å². The van der Waals surface area contributed by atoms with Gasteiger partial charge in [0.25, 0.3) is 15.9 Å². The smallest absolute Gasteiger partial charge is 0.264 e. The standard InChI is InChI=1S/C22H18ClN5O3S/c1-27(17-6-3-2-4-7-17)32(30,31)18-12-10-16(11-13-18)22(29)26-20-9-5-8-19(23)21(20)28-15-24-14-25-28/h2-15H,1H3,(H,26,29). The molecule has 1 N–H and O–H groups in total. The fourth-order valence-corrected chi connectivity index (χ4v) is 4.54. The van der Waals surface area contributed by atoms with E-state index in [0.29, 0.717) is 22.1 Å². The van der Waals surface area contributed by atoms with E-state index in [4.69, 9.17) is 11.6 Å². The molecule has 8 nitrogen and oxygen atoms in total. The SMILES string of the molecule is CN(c1ccccc1)S(=O)(=O)c1ccc(C(=O)Nc2cccc(Cl)c2-n2cncn2)cc1. The summed E-state index contributed by atoms with van der Waals surface area (Å²) in [4.78, 5) is 16.8. The number of aromatic nitrogens is 3. The number of nitrogens with zero attached hydrogens (tertiary/aromatic N) is 4. The monoisotopic (exact) mass is 467 g/mol. The van der Waals surface area contributed by atoms with Crippen LogP contribution in [0.5, 0.6) is 0 Å². The van der Waals surface area contributed by atoms with Crippen LogP contribution in [0.2, 0.25) is 5.02 Å². The molecule has 0 aliphatic rings. The summed E-state index contributed by atoms with van der Waals surface area (Å²) in [6.07, 6.45) is 2.83. The van der Waals surface area contributed by atoms with Gasteiger partial charge in [0.2, 0.25) is 0 Å². The van der Waals surface area contributed by atoms with Gasteiger partial charge in [-0.1, -0.05) is 35.9 Å². The summed E-state index contributed by atoms with van der Waals surface area (Å²) in [5, 5.41) is 7.25. The van der Waals surface area contributed by atoms with Crippen molar-refractivity contribution in [1.29, 1.82) is 0 Å². The third-order valence-corrected chi connectivity index (χ3v) is 6.88. The predicted octanol–water partition coefficient (Wildman–Crippen LogP) is 4.00. The molecule has 0 aliphatic carbocycles. The third-order valence-electron chi connectivity index (χ3n) is 4.78. The Bertz CT molecular complexity index is 1340. The molecule has 0 spiro atoms. The van der Waals surface area contributed by atoms with E-state index in [1.807, 2.05) is 6.07 Å². The number of hydrogen-bond acceptors (Lipinski definition) is 5. The van der Waals surface area contributed by atoms with E-state index in [-0.39, 0.29) is 10.5 Å². The summed E-state index contributed by atoms with van der Waals surface area (Å²) in [5.41, 5.74) is 1.74. The molecule has 0 unspecified atom stereocenters. The molecular weight excluding hydrogens is 450 g/mol. The minimum absolute atomic E-state index is 0.0754. The average molecular weight is 468 g/mol. The van der Waals surface area contributed by atoms with E-state index in [1.165, 1.54) is 53.0 Å². The Morgan fingerprint density at radius 2 is 1.72 bits per heavy atom. The minimum Gasteiger partial charge on any atom is -0.320 e. The molecule has 1 amide bonds. The number of amides is 1. The highest BCUT2D eigenvalue weighted by Crippen LogP contribution is 2.28. The first-order chi connectivity index (χ1) is 15.4. The van der Waals surface area contributed by atoms with Gasteiger partial charge in [-0.2, -0.15) is 5.10 Å². The van der Waals surface area contributed by atoms with Crippen molar-refractivity contribution in [2.75, 3.05) is 16.7 Å². The predicted molar refractivity (Wildman–Crippen MR) is 123 cm³/mol. The maximum atomic E-state index is 12.9. The topological polar surface area (TPSA) is 97.2 Å². The van der Waals surface area contributed by atoms with Gasteiger partial charge in [0, 0.05) is 12.6 Å². The van der Waals surface area contributed by atoms with Crippen LogP contribution in [-0.2, 0) is 10.0 Å². The number of benzene rings is 3. The van der Waals surface area contributed by atoms with Gasteiger partial charge in [-0.05, 0) is 48.5 Å². The van der Waals surface area contributed by atoms with Crippen molar-refractivity contribution < 1.29 is 13.2 Å². The molecule has 0 aliphatic heterocycles. The zero-order valence-electron chi connectivity index (χ0n) is 16.9. The molecule has 0 fully saturated rings. The van der Waals surface area contributed by atoms with Gasteiger partial charge in [-0.15, -0.1) is 0 Å². The molecule has 4 aromatic rings. The van der Waals surface area contributed by atoms with Crippen LogP contribution >= 0.6 is 11.6 Å². The van der Waals surface area contributed by atoms with Crippen molar-refractivity contribution in [3.05, 3.63) is 96.0 Å².